The molecule has 1 unspecified atom stereocenters. The Hall–Kier alpha value is -0.440. The molecule has 19 heavy (non-hydrogen) atoms. The molecule has 0 spiro atoms. The Morgan fingerprint density at radius 3 is 2.84 bits per heavy atom. The van der Waals surface area contributed by atoms with Crippen LogP contribution < -0.4 is 0 Å². The molecule has 0 aromatic carbocycles. The predicted molar refractivity (Wildman–Crippen MR) is 75.8 cm³/mol. The fraction of sp³-hybridized carbons (Fsp3) is 0.545. The normalized spacial score (nSPS) is 20.8. The number of thiophene rings is 1. The molecule has 0 saturated carbocycles. The molecule has 0 bridgehead atoms. The van der Waals surface area contributed by atoms with Crippen molar-refractivity contribution < 1.29 is 18.3 Å². The van der Waals surface area contributed by atoms with Crippen LogP contribution in [0.25, 0.3) is 0 Å². The Morgan fingerprint density at radius 2 is 2.26 bits per heavy atom. The Kier molecular flexibility index (Phi) is 4.65. The van der Waals surface area contributed by atoms with Crippen LogP contribution in [0.5, 0.6) is 0 Å². The van der Waals surface area contributed by atoms with Crippen LogP contribution >= 0.6 is 27.3 Å². The van der Waals surface area contributed by atoms with E-state index >= 15 is 0 Å². The SMILES string of the molecule is O=C(O)CCC1CCN(S(=O)(=O)c2ccc(Br)s2)C1. The molecule has 1 aliphatic rings. The maximum absolute atomic E-state index is 12.3. The Balaban J connectivity index is 2.02. The van der Waals surface area contributed by atoms with Crippen molar-refractivity contribution in [3.05, 3.63) is 15.9 Å². The lowest BCUT2D eigenvalue weighted by Gasteiger charge is -2.15. The number of rotatable bonds is 5. The zero-order valence-corrected chi connectivity index (χ0v) is 13.3. The van der Waals surface area contributed by atoms with Gasteiger partial charge in [0, 0.05) is 19.5 Å². The molecular formula is C11H14BrNO4S2. The van der Waals surface area contributed by atoms with Gasteiger partial charge in [-0.2, -0.15) is 4.31 Å². The van der Waals surface area contributed by atoms with Crippen molar-refractivity contribution in [1.29, 1.82) is 0 Å². The lowest BCUT2D eigenvalue weighted by Crippen LogP contribution is -2.28. The molecule has 5 nitrogen and oxygen atoms in total. The number of halogens is 1. The zero-order valence-electron chi connectivity index (χ0n) is 10.1. The number of carboxylic acids is 1. The minimum absolute atomic E-state index is 0.100. The fourth-order valence-electron chi connectivity index (χ4n) is 2.14. The average Bonchev–Trinajstić information content (AvgIpc) is 2.95. The van der Waals surface area contributed by atoms with E-state index < -0.39 is 16.0 Å². The van der Waals surface area contributed by atoms with Crippen molar-refractivity contribution in [3.8, 4) is 0 Å². The minimum atomic E-state index is -3.41. The third-order valence-corrected chi connectivity index (χ3v) is 7.11. The smallest absolute Gasteiger partial charge is 0.303 e. The van der Waals surface area contributed by atoms with Crippen LogP contribution in [-0.4, -0.2) is 36.9 Å². The monoisotopic (exact) mass is 367 g/mol. The van der Waals surface area contributed by atoms with Crippen molar-refractivity contribution >= 4 is 43.3 Å². The lowest BCUT2D eigenvalue weighted by molar-refractivity contribution is -0.137. The molecular weight excluding hydrogens is 354 g/mol. The highest BCUT2D eigenvalue weighted by molar-refractivity contribution is 9.11. The van der Waals surface area contributed by atoms with E-state index in [2.05, 4.69) is 15.9 Å². The van der Waals surface area contributed by atoms with E-state index in [1.165, 1.54) is 15.6 Å². The van der Waals surface area contributed by atoms with Crippen molar-refractivity contribution in [2.75, 3.05) is 13.1 Å². The third kappa shape index (κ3) is 3.56. The Bertz CT molecular complexity index is 569. The van der Waals surface area contributed by atoms with Gasteiger partial charge in [0.2, 0.25) is 0 Å². The molecule has 1 aromatic heterocycles. The molecule has 1 N–H and O–H groups in total. The summed E-state index contributed by atoms with van der Waals surface area (Å²) in [5.74, 6) is -0.683. The van der Waals surface area contributed by atoms with E-state index in [-0.39, 0.29) is 12.3 Å². The summed E-state index contributed by atoms with van der Waals surface area (Å²) >= 11 is 4.45. The van der Waals surface area contributed by atoms with Crippen molar-refractivity contribution in [2.45, 2.75) is 23.5 Å². The topological polar surface area (TPSA) is 74.7 Å². The van der Waals surface area contributed by atoms with Gasteiger partial charge < -0.3 is 5.11 Å². The maximum atomic E-state index is 12.3. The molecule has 1 atom stereocenters. The van der Waals surface area contributed by atoms with Crippen LogP contribution in [0.15, 0.2) is 20.1 Å². The quantitative estimate of drug-likeness (QED) is 0.866. The largest absolute Gasteiger partial charge is 0.481 e. The second-order valence-electron chi connectivity index (χ2n) is 4.51. The molecule has 1 saturated heterocycles. The van der Waals surface area contributed by atoms with Gasteiger partial charge in [0.15, 0.2) is 0 Å². The average molecular weight is 368 g/mol. The third-order valence-electron chi connectivity index (χ3n) is 3.16. The van der Waals surface area contributed by atoms with Crippen LogP contribution in [0.4, 0.5) is 0 Å². The van der Waals surface area contributed by atoms with Crippen LogP contribution in [0.3, 0.4) is 0 Å². The van der Waals surface area contributed by atoms with Crippen LogP contribution in [0, 0.1) is 5.92 Å². The maximum Gasteiger partial charge on any atom is 0.303 e. The van der Waals surface area contributed by atoms with Gasteiger partial charge in [-0.05, 0) is 46.8 Å². The van der Waals surface area contributed by atoms with Crippen LogP contribution in [0.1, 0.15) is 19.3 Å². The van der Waals surface area contributed by atoms with Gasteiger partial charge in [-0.15, -0.1) is 11.3 Å². The molecule has 0 aliphatic carbocycles. The second kappa shape index (κ2) is 5.90. The summed E-state index contributed by atoms with van der Waals surface area (Å²) in [7, 11) is -3.41. The van der Waals surface area contributed by atoms with E-state index in [4.69, 9.17) is 5.11 Å². The molecule has 1 aliphatic heterocycles. The molecule has 1 fully saturated rings. The molecule has 2 heterocycles. The Labute approximate surface area is 124 Å². The van der Waals surface area contributed by atoms with Gasteiger partial charge >= 0.3 is 5.97 Å². The van der Waals surface area contributed by atoms with E-state index in [0.717, 1.165) is 10.2 Å². The highest BCUT2D eigenvalue weighted by Crippen LogP contribution is 2.32. The summed E-state index contributed by atoms with van der Waals surface area (Å²) in [6.07, 6.45) is 1.37. The van der Waals surface area contributed by atoms with Gasteiger partial charge in [-0.3, -0.25) is 4.79 Å². The standard InChI is InChI=1S/C11H14BrNO4S2/c12-9-2-4-11(18-9)19(16,17)13-6-5-8(7-13)1-3-10(14)15/h2,4,8H,1,3,5-7H2,(H,14,15). The first-order chi connectivity index (χ1) is 8.89. The molecule has 2 rings (SSSR count). The summed E-state index contributed by atoms with van der Waals surface area (Å²) in [4.78, 5) is 10.5. The predicted octanol–water partition coefficient (Wildman–Crippen LogP) is 2.39. The number of nitrogens with zero attached hydrogens (tertiary/aromatic N) is 1. The van der Waals surface area contributed by atoms with E-state index in [9.17, 15) is 13.2 Å². The van der Waals surface area contributed by atoms with E-state index in [1.807, 2.05) is 0 Å². The summed E-state index contributed by atoms with van der Waals surface area (Å²) in [5, 5.41) is 8.64. The van der Waals surface area contributed by atoms with Crippen molar-refractivity contribution in [1.82, 2.24) is 4.31 Å². The number of carboxylic acid groups (broad SMARTS) is 1. The van der Waals surface area contributed by atoms with Gasteiger partial charge in [-0.25, -0.2) is 8.42 Å². The summed E-state index contributed by atoms with van der Waals surface area (Å²) in [6, 6.07) is 3.31. The van der Waals surface area contributed by atoms with Crippen LogP contribution in [-0.2, 0) is 14.8 Å². The number of aliphatic carboxylic acids is 1. The second-order valence-corrected chi connectivity index (χ2v) is 9.14. The first kappa shape index (κ1) is 15.0. The number of hydrogen-bond donors (Lipinski definition) is 1. The first-order valence-electron chi connectivity index (χ1n) is 5.87. The van der Waals surface area contributed by atoms with Gasteiger partial charge in [0.25, 0.3) is 10.0 Å². The Morgan fingerprint density at radius 1 is 1.53 bits per heavy atom. The molecule has 0 amide bonds. The van der Waals surface area contributed by atoms with Crippen LogP contribution in [0.2, 0.25) is 0 Å². The molecule has 0 radical (unpaired) electrons. The van der Waals surface area contributed by atoms with E-state index in [0.29, 0.717) is 23.7 Å². The molecule has 106 valence electrons. The number of carbonyl (C=O) groups is 1. The summed E-state index contributed by atoms with van der Waals surface area (Å²) < 4.78 is 27.2. The lowest BCUT2D eigenvalue weighted by atomic mass is 10.0. The first-order valence-corrected chi connectivity index (χ1v) is 8.92. The zero-order chi connectivity index (χ0) is 14.0. The molecule has 8 heteroatoms. The van der Waals surface area contributed by atoms with Crippen molar-refractivity contribution in [2.24, 2.45) is 5.92 Å². The highest BCUT2D eigenvalue weighted by Gasteiger charge is 2.33. The van der Waals surface area contributed by atoms with Crippen molar-refractivity contribution in [3.63, 3.8) is 0 Å². The van der Waals surface area contributed by atoms with Gasteiger partial charge in [-0.1, -0.05) is 0 Å². The minimum Gasteiger partial charge on any atom is -0.481 e. The number of hydrogen-bond acceptors (Lipinski definition) is 4. The fourth-order valence-corrected chi connectivity index (χ4v) is 5.84. The van der Waals surface area contributed by atoms with Gasteiger partial charge in [0.05, 0.1) is 3.79 Å². The summed E-state index contributed by atoms with van der Waals surface area (Å²) in [5.41, 5.74) is 0. The van der Waals surface area contributed by atoms with E-state index in [1.54, 1.807) is 12.1 Å². The van der Waals surface area contributed by atoms with Gasteiger partial charge in [0.1, 0.15) is 4.21 Å². The number of sulfonamides is 1. The summed E-state index contributed by atoms with van der Waals surface area (Å²) in [6.45, 7) is 0.896. The highest BCUT2D eigenvalue weighted by atomic mass is 79.9. The molecule has 1 aromatic rings.